The summed E-state index contributed by atoms with van der Waals surface area (Å²) in [5.74, 6) is 0.940. The molecule has 0 aliphatic carbocycles. The standard InChI is InChI=1S/C17H36P/c1-15(2,3)14-10-12-18(13-11-14,16(4,5)6)17(7,8)9/h14H,10-13H2,1-9H3/q+1. The predicted octanol–water partition coefficient (Wildman–Crippen LogP) is 6.06. The van der Waals surface area contributed by atoms with Crippen LogP contribution in [0.25, 0.3) is 0 Å². The molecule has 0 saturated carbocycles. The van der Waals surface area contributed by atoms with Gasteiger partial charge in [0.15, 0.2) is 0 Å². The highest BCUT2D eigenvalue weighted by atomic mass is 31.2. The Morgan fingerprint density at radius 3 is 1.22 bits per heavy atom. The Morgan fingerprint density at radius 2 is 1.00 bits per heavy atom. The molecule has 0 N–H and O–H groups in total. The fraction of sp³-hybridized carbons (Fsp3) is 1.00. The molecule has 1 rings (SSSR count). The van der Waals surface area contributed by atoms with E-state index in [1.54, 1.807) is 0 Å². The van der Waals surface area contributed by atoms with Crippen molar-refractivity contribution in [3.63, 3.8) is 0 Å². The van der Waals surface area contributed by atoms with Gasteiger partial charge in [0.25, 0.3) is 0 Å². The summed E-state index contributed by atoms with van der Waals surface area (Å²) < 4.78 is 0. The molecule has 0 bridgehead atoms. The Labute approximate surface area is 117 Å². The molecule has 1 aliphatic rings. The van der Waals surface area contributed by atoms with E-state index in [1.165, 1.54) is 25.2 Å². The predicted molar refractivity (Wildman–Crippen MR) is 88.3 cm³/mol. The second kappa shape index (κ2) is 4.76. The third-order valence-electron chi connectivity index (χ3n) is 5.51. The molecule has 1 aliphatic heterocycles. The van der Waals surface area contributed by atoms with Gasteiger partial charge < -0.3 is 0 Å². The first-order chi connectivity index (χ1) is 7.81. The SMILES string of the molecule is CC(C)(C)C1CC[P+](C(C)(C)C)(C(C)(C)C)CC1. The lowest BCUT2D eigenvalue weighted by Crippen LogP contribution is -2.42. The zero-order valence-electron chi connectivity index (χ0n) is 14.4. The van der Waals surface area contributed by atoms with E-state index in [9.17, 15) is 0 Å². The van der Waals surface area contributed by atoms with Crippen LogP contribution in [0, 0.1) is 11.3 Å². The Bertz CT molecular complexity index is 258. The van der Waals surface area contributed by atoms with Gasteiger partial charge in [0.05, 0.1) is 22.6 Å². The molecule has 0 aromatic heterocycles. The van der Waals surface area contributed by atoms with E-state index in [4.69, 9.17) is 0 Å². The molecule has 0 atom stereocenters. The van der Waals surface area contributed by atoms with Gasteiger partial charge in [-0.15, -0.1) is 0 Å². The summed E-state index contributed by atoms with van der Waals surface area (Å²) >= 11 is 0. The third kappa shape index (κ3) is 2.95. The van der Waals surface area contributed by atoms with Gasteiger partial charge in [-0.3, -0.25) is 0 Å². The van der Waals surface area contributed by atoms with Crippen molar-refractivity contribution in [2.24, 2.45) is 11.3 Å². The van der Waals surface area contributed by atoms with Gasteiger partial charge in [-0.05, 0) is 65.7 Å². The molecule has 0 aromatic rings. The minimum atomic E-state index is -0.865. The first-order valence-electron chi connectivity index (χ1n) is 7.68. The van der Waals surface area contributed by atoms with Crippen LogP contribution in [0.4, 0.5) is 0 Å². The summed E-state index contributed by atoms with van der Waals surface area (Å²) in [5.41, 5.74) is 0.506. The molecule has 1 heterocycles. The fourth-order valence-corrected chi connectivity index (χ4v) is 10.6. The Hall–Kier alpha value is 0.430. The maximum Gasteiger partial charge on any atom is 0.0720 e. The molecule has 18 heavy (non-hydrogen) atoms. The maximum atomic E-state index is 2.50. The zero-order valence-corrected chi connectivity index (χ0v) is 15.2. The van der Waals surface area contributed by atoms with Gasteiger partial charge in [0.1, 0.15) is 0 Å². The molecular formula is C17H36P+. The molecule has 0 radical (unpaired) electrons. The van der Waals surface area contributed by atoms with Gasteiger partial charge in [0.2, 0.25) is 0 Å². The van der Waals surface area contributed by atoms with Crippen LogP contribution in [0.1, 0.15) is 75.2 Å². The van der Waals surface area contributed by atoms with Gasteiger partial charge in [-0.1, -0.05) is 20.8 Å². The van der Waals surface area contributed by atoms with Crippen LogP contribution in [-0.2, 0) is 0 Å². The van der Waals surface area contributed by atoms with Crippen molar-refractivity contribution in [3.05, 3.63) is 0 Å². The van der Waals surface area contributed by atoms with Crippen LogP contribution >= 0.6 is 7.26 Å². The van der Waals surface area contributed by atoms with Gasteiger partial charge in [0, 0.05) is 7.26 Å². The fourth-order valence-electron chi connectivity index (χ4n) is 4.22. The highest BCUT2D eigenvalue weighted by molar-refractivity contribution is 7.78. The van der Waals surface area contributed by atoms with E-state index >= 15 is 0 Å². The summed E-state index contributed by atoms with van der Waals surface area (Å²) in [7, 11) is -0.865. The number of hydrogen-bond donors (Lipinski definition) is 0. The van der Waals surface area contributed by atoms with E-state index in [1.807, 2.05) is 0 Å². The molecule has 1 fully saturated rings. The van der Waals surface area contributed by atoms with Gasteiger partial charge >= 0.3 is 0 Å². The van der Waals surface area contributed by atoms with Crippen molar-refractivity contribution < 1.29 is 0 Å². The van der Waals surface area contributed by atoms with Crippen LogP contribution in [-0.4, -0.2) is 22.6 Å². The van der Waals surface area contributed by atoms with Crippen molar-refractivity contribution >= 4 is 7.26 Å². The summed E-state index contributed by atoms with van der Waals surface area (Å²) in [6, 6.07) is 0. The van der Waals surface area contributed by atoms with Crippen molar-refractivity contribution in [1.82, 2.24) is 0 Å². The summed E-state index contributed by atoms with van der Waals surface area (Å²) in [5, 5.41) is 1.04. The molecule has 0 unspecified atom stereocenters. The quantitative estimate of drug-likeness (QED) is 0.470. The highest BCUT2D eigenvalue weighted by Crippen LogP contribution is 2.79. The Balaban J connectivity index is 2.95. The molecule has 0 spiro atoms. The van der Waals surface area contributed by atoms with E-state index in [-0.39, 0.29) is 0 Å². The smallest absolute Gasteiger partial charge is 0.0599 e. The third-order valence-corrected chi connectivity index (χ3v) is 12.7. The molecule has 1 saturated heterocycles. The van der Waals surface area contributed by atoms with Crippen molar-refractivity contribution in [2.75, 3.05) is 12.3 Å². The van der Waals surface area contributed by atoms with E-state index < -0.39 is 7.26 Å². The number of rotatable bonds is 0. The summed E-state index contributed by atoms with van der Waals surface area (Å²) in [6.07, 6.45) is 5.96. The highest BCUT2D eigenvalue weighted by Gasteiger charge is 2.58. The molecular weight excluding hydrogens is 235 g/mol. The van der Waals surface area contributed by atoms with Crippen LogP contribution < -0.4 is 0 Å². The largest absolute Gasteiger partial charge is 0.0720 e. The second-order valence-corrected chi connectivity index (χ2v) is 14.9. The van der Waals surface area contributed by atoms with Crippen molar-refractivity contribution in [1.29, 1.82) is 0 Å². The Morgan fingerprint density at radius 1 is 0.667 bits per heavy atom. The van der Waals surface area contributed by atoms with Crippen LogP contribution in [0.5, 0.6) is 0 Å². The van der Waals surface area contributed by atoms with Crippen LogP contribution in [0.2, 0.25) is 0 Å². The van der Waals surface area contributed by atoms with E-state index in [0.29, 0.717) is 15.7 Å². The van der Waals surface area contributed by atoms with Crippen LogP contribution in [0.3, 0.4) is 0 Å². The second-order valence-electron chi connectivity index (χ2n) is 9.40. The molecule has 0 nitrogen and oxygen atoms in total. The number of hydrogen-bond acceptors (Lipinski definition) is 0. The summed E-state index contributed by atoms with van der Waals surface area (Å²) in [6.45, 7) is 22.3. The normalized spacial score (nSPS) is 23.2. The lowest BCUT2D eigenvalue weighted by Gasteiger charge is -2.52. The average molecular weight is 271 g/mol. The maximum absolute atomic E-state index is 2.50. The topological polar surface area (TPSA) is 0 Å². The zero-order chi connectivity index (χ0) is 14.4. The minimum absolute atomic E-state index is 0.506. The first-order valence-corrected chi connectivity index (χ1v) is 9.84. The lowest BCUT2D eigenvalue weighted by atomic mass is 9.77. The summed E-state index contributed by atoms with van der Waals surface area (Å²) in [4.78, 5) is 0. The average Bonchev–Trinajstić information content (AvgIpc) is 2.13. The van der Waals surface area contributed by atoms with Crippen LogP contribution in [0.15, 0.2) is 0 Å². The lowest BCUT2D eigenvalue weighted by molar-refractivity contribution is 0.221. The molecule has 108 valence electrons. The molecule has 0 amide bonds. The first kappa shape index (κ1) is 16.5. The Kier molecular flexibility index (Phi) is 4.36. The van der Waals surface area contributed by atoms with E-state index in [0.717, 1.165) is 5.92 Å². The molecule has 0 aromatic carbocycles. The molecule has 1 heteroatoms. The van der Waals surface area contributed by atoms with E-state index in [2.05, 4.69) is 62.3 Å². The van der Waals surface area contributed by atoms with Gasteiger partial charge in [-0.2, -0.15) is 0 Å². The monoisotopic (exact) mass is 271 g/mol. The van der Waals surface area contributed by atoms with Crippen molar-refractivity contribution in [2.45, 2.75) is 85.5 Å². The van der Waals surface area contributed by atoms with Gasteiger partial charge in [-0.25, -0.2) is 0 Å². The minimum Gasteiger partial charge on any atom is -0.0599 e. The van der Waals surface area contributed by atoms with Crippen molar-refractivity contribution in [3.8, 4) is 0 Å².